The Morgan fingerprint density at radius 2 is 2.20 bits per heavy atom. The van der Waals surface area contributed by atoms with Crippen molar-refractivity contribution < 1.29 is 14.1 Å². The van der Waals surface area contributed by atoms with E-state index in [2.05, 4.69) is 4.90 Å². The zero-order valence-corrected chi connectivity index (χ0v) is 11.5. The van der Waals surface area contributed by atoms with Gasteiger partial charge in [0.2, 0.25) is 5.75 Å². The highest BCUT2D eigenvalue weighted by Gasteiger charge is 2.21. The number of benzene rings is 1. The van der Waals surface area contributed by atoms with Crippen LogP contribution in [0.2, 0.25) is 0 Å². The summed E-state index contributed by atoms with van der Waals surface area (Å²) >= 11 is 0. The first kappa shape index (κ1) is 14.5. The van der Waals surface area contributed by atoms with Gasteiger partial charge in [-0.2, -0.15) is 0 Å². The topological polar surface area (TPSA) is 55.6 Å². The Morgan fingerprint density at radius 3 is 2.75 bits per heavy atom. The van der Waals surface area contributed by atoms with Crippen molar-refractivity contribution in [2.24, 2.45) is 0 Å². The van der Waals surface area contributed by atoms with E-state index in [0.717, 1.165) is 31.4 Å². The zero-order valence-electron chi connectivity index (χ0n) is 11.5. The summed E-state index contributed by atoms with van der Waals surface area (Å²) in [6.45, 7) is 0. The maximum atomic E-state index is 13.0. The normalized spacial score (nSPS) is 18.8. The van der Waals surface area contributed by atoms with Crippen molar-refractivity contribution in [3.8, 4) is 5.75 Å². The Hall–Kier alpha value is -1.95. The van der Waals surface area contributed by atoms with Crippen molar-refractivity contribution >= 4 is 5.69 Å². The van der Waals surface area contributed by atoms with Gasteiger partial charge in [-0.25, -0.2) is 4.39 Å². The number of rotatable bonds is 4. The number of nitro groups is 1. The smallest absolute Gasteiger partial charge is 0.314 e. The van der Waals surface area contributed by atoms with Gasteiger partial charge in [0, 0.05) is 12.5 Å². The van der Waals surface area contributed by atoms with Crippen molar-refractivity contribution in [1.29, 1.82) is 0 Å². The van der Waals surface area contributed by atoms with Crippen LogP contribution in [-0.4, -0.2) is 30.0 Å². The second kappa shape index (κ2) is 6.00. The summed E-state index contributed by atoms with van der Waals surface area (Å²) in [6, 6.07) is 3.80. The lowest BCUT2D eigenvalue weighted by atomic mass is 10.00. The van der Waals surface area contributed by atoms with Crippen LogP contribution >= 0.6 is 0 Å². The fourth-order valence-corrected chi connectivity index (χ4v) is 2.22. The molecule has 20 heavy (non-hydrogen) atoms. The van der Waals surface area contributed by atoms with E-state index < -0.39 is 10.7 Å². The summed E-state index contributed by atoms with van der Waals surface area (Å²) in [6.07, 6.45) is 4.45. The quantitative estimate of drug-likeness (QED) is 0.628. The van der Waals surface area contributed by atoms with Gasteiger partial charge in [0.1, 0.15) is 11.6 Å². The monoisotopic (exact) mass is 280 g/mol. The Kier molecular flexibility index (Phi) is 4.34. The molecule has 0 spiro atoms. The molecule has 1 aromatic rings. The highest BCUT2D eigenvalue weighted by Crippen LogP contribution is 2.31. The minimum absolute atomic E-state index is 0.0888. The fraction of sp³-hybridized carbons (Fsp3) is 0.429. The van der Waals surface area contributed by atoms with Crippen LogP contribution in [-0.2, 0) is 0 Å². The van der Waals surface area contributed by atoms with E-state index in [0.29, 0.717) is 11.8 Å². The molecule has 1 aliphatic carbocycles. The lowest BCUT2D eigenvalue weighted by molar-refractivity contribution is -0.385. The van der Waals surface area contributed by atoms with Crippen LogP contribution in [0, 0.1) is 15.9 Å². The van der Waals surface area contributed by atoms with Crippen molar-refractivity contribution in [2.75, 3.05) is 14.1 Å². The van der Waals surface area contributed by atoms with Gasteiger partial charge in [-0.1, -0.05) is 0 Å². The number of hydrogen-bond donors (Lipinski definition) is 0. The van der Waals surface area contributed by atoms with Gasteiger partial charge in [-0.3, -0.25) is 10.1 Å². The van der Waals surface area contributed by atoms with E-state index in [-0.39, 0.29) is 11.4 Å². The first-order valence-corrected chi connectivity index (χ1v) is 6.44. The molecule has 1 unspecified atom stereocenters. The van der Waals surface area contributed by atoms with Crippen molar-refractivity contribution in [2.45, 2.75) is 25.3 Å². The SMILES string of the molecule is CN(C)C1CC=C(Oc2ccc(F)cc2[N+](=O)[O-])CC1. The molecule has 0 radical (unpaired) electrons. The van der Waals surface area contributed by atoms with Gasteiger partial charge in [-0.15, -0.1) is 0 Å². The molecule has 1 atom stereocenters. The Morgan fingerprint density at radius 1 is 1.45 bits per heavy atom. The summed E-state index contributed by atoms with van der Waals surface area (Å²) < 4.78 is 18.6. The highest BCUT2D eigenvalue weighted by atomic mass is 19.1. The van der Waals surface area contributed by atoms with Crippen molar-refractivity contribution in [1.82, 2.24) is 4.90 Å². The maximum absolute atomic E-state index is 13.0. The van der Waals surface area contributed by atoms with Gasteiger partial charge in [0.05, 0.1) is 11.0 Å². The average molecular weight is 280 g/mol. The van der Waals surface area contributed by atoms with Crippen LogP contribution < -0.4 is 4.74 Å². The lowest BCUT2D eigenvalue weighted by Crippen LogP contribution is -2.29. The molecule has 0 fully saturated rings. The Labute approximate surface area is 116 Å². The fourth-order valence-electron chi connectivity index (χ4n) is 2.22. The molecule has 1 aliphatic rings. The number of allylic oxidation sites excluding steroid dienone is 1. The molecule has 0 aliphatic heterocycles. The van der Waals surface area contributed by atoms with Crippen LogP contribution in [0.1, 0.15) is 19.3 Å². The molecule has 0 amide bonds. The first-order chi connectivity index (χ1) is 9.47. The van der Waals surface area contributed by atoms with Crippen LogP contribution in [0.3, 0.4) is 0 Å². The summed E-state index contributed by atoms with van der Waals surface area (Å²) in [7, 11) is 4.05. The molecular formula is C14H17FN2O3. The second-order valence-electron chi connectivity index (χ2n) is 5.03. The van der Waals surface area contributed by atoms with Crippen LogP contribution in [0.25, 0.3) is 0 Å². The van der Waals surface area contributed by atoms with Crippen molar-refractivity contribution in [3.05, 3.63) is 46.0 Å². The van der Waals surface area contributed by atoms with Crippen LogP contribution in [0.4, 0.5) is 10.1 Å². The largest absolute Gasteiger partial charge is 0.455 e. The van der Waals surface area contributed by atoms with E-state index in [1.165, 1.54) is 6.07 Å². The summed E-state index contributed by atoms with van der Waals surface area (Å²) in [5, 5.41) is 10.9. The number of nitro benzene ring substituents is 1. The minimum Gasteiger partial charge on any atom is -0.455 e. The van der Waals surface area contributed by atoms with Crippen molar-refractivity contribution in [3.63, 3.8) is 0 Å². The molecule has 6 heteroatoms. The predicted octanol–water partition coefficient (Wildman–Crippen LogP) is 3.11. The molecule has 0 bridgehead atoms. The maximum Gasteiger partial charge on any atom is 0.314 e. The van der Waals surface area contributed by atoms with E-state index in [4.69, 9.17) is 4.74 Å². The van der Waals surface area contributed by atoms with E-state index >= 15 is 0 Å². The van der Waals surface area contributed by atoms with E-state index in [1.54, 1.807) is 0 Å². The molecule has 5 nitrogen and oxygen atoms in total. The molecule has 0 aromatic heterocycles. The lowest BCUT2D eigenvalue weighted by Gasteiger charge is -2.27. The Balaban J connectivity index is 2.13. The number of halogens is 1. The summed E-state index contributed by atoms with van der Waals surface area (Å²) in [5.41, 5.74) is -0.347. The van der Waals surface area contributed by atoms with E-state index in [1.807, 2.05) is 20.2 Å². The summed E-state index contributed by atoms with van der Waals surface area (Å²) in [5.74, 6) is 0.151. The van der Waals surface area contributed by atoms with Crippen LogP contribution in [0.15, 0.2) is 30.0 Å². The first-order valence-electron chi connectivity index (χ1n) is 6.44. The van der Waals surface area contributed by atoms with Gasteiger partial charge in [-0.05, 0) is 45.1 Å². The Bertz CT molecular complexity index is 543. The number of hydrogen-bond acceptors (Lipinski definition) is 4. The van der Waals surface area contributed by atoms with Crippen LogP contribution in [0.5, 0.6) is 5.75 Å². The minimum atomic E-state index is -0.644. The molecule has 1 aromatic carbocycles. The number of ether oxygens (including phenoxy) is 1. The van der Waals surface area contributed by atoms with E-state index in [9.17, 15) is 14.5 Å². The molecular weight excluding hydrogens is 263 g/mol. The molecule has 0 heterocycles. The molecule has 108 valence electrons. The summed E-state index contributed by atoms with van der Waals surface area (Å²) in [4.78, 5) is 12.4. The third kappa shape index (κ3) is 3.33. The zero-order chi connectivity index (χ0) is 14.7. The van der Waals surface area contributed by atoms with Gasteiger partial charge >= 0.3 is 5.69 Å². The molecule has 2 rings (SSSR count). The van der Waals surface area contributed by atoms with Gasteiger partial charge < -0.3 is 9.64 Å². The van der Waals surface area contributed by atoms with Gasteiger partial charge in [0.15, 0.2) is 0 Å². The molecule has 0 saturated carbocycles. The molecule has 0 N–H and O–H groups in total. The second-order valence-corrected chi connectivity index (χ2v) is 5.03. The highest BCUT2D eigenvalue weighted by molar-refractivity contribution is 5.47. The average Bonchev–Trinajstić information content (AvgIpc) is 2.41. The predicted molar refractivity (Wildman–Crippen MR) is 73.1 cm³/mol. The standard InChI is InChI=1S/C14H17FN2O3/c1-16(2)11-4-6-12(7-5-11)20-14-8-3-10(15)9-13(14)17(18)19/h3,6,8-9,11H,4-5,7H2,1-2H3. The third-order valence-electron chi connectivity index (χ3n) is 3.43. The van der Waals surface area contributed by atoms with Gasteiger partial charge in [0.25, 0.3) is 0 Å². The molecule has 0 saturated heterocycles. The third-order valence-corrected chi connectivity index (χ3v) is 3.43. The number of nitrogens with zero attached hydrogens (tertiary/aromatic N) is 2.